The van der Waals surface area contributed by atoms with Gasteiger partial charge in [0.2, 0.25) is 5.91 Å². The van der Waals surface area contributed by atoms with Crippen molar-refractivity contribution in [3.8, 4) is 11.4 Å². The number of rotatable bonds is 5. The van der Waals surface area contributed by atoms with E-state index >= 15 is 0 Å². The molecule has 0 radical (unpaired) electrons. The van der Waals surface area contributed by atoms with Gasteiger partial charge in [0.1, 0.15) is 5.75 Å². The minimum Gasteiger partial charge on any atom is -0.497 e. The highest BCUT2D eigenvalue weighted by atomic mass is 32.2. The monoisotopic (exact) mass is 345 g/mol. The van der Waals surface area contributed by atoms with Gasteiger partial charge in [0.15, 0.2) is 5.16 Å². The van der Waals surface area contributed by atoms with E-state index in [9.17, 15) is 4.79 Å². The summed E-state index contributed by atoms with van der Waals surface area (Å²) in [5.41, 5.74) is 1.01. The van der Waals surface area contributed by atoms with Crippen molar-refractivity contribution in [1.29, 1.82) is 0 Å². The Labute approximate surface area is 147 Å². The number of hydrogen-bond acceptors (Lipinski definition) is 4. The molecule has 5 nitrogen and oxygen atoms in total. The van der Waals surface area contributed by atoms with Crippen LogP contribution in [0.5, 0.6) is 5.75 Å². The van der Waals surface area contributed by atoms with E-state index in [-0.39, 0.29) is 5.91 Å². The van der Waals surface area contributed by atoms with Crippen LogP contribution in [-0.4, -0.2) is 46.3 Å². The van der Waals surface area contributed by atoms with Crippen LogP contribution in [-0.2, 0) is 4.79 Å². The van der Waals surface area contributed by atoms with Gasteiger partial charge >= 0.3 is 0 Å². The number of carbonyl (C=O) groups is 1. The summed E-state index contributed by atoms with van der Waals surface area (Å²) in [6.45, 7) is 3.98. The molecule has 2 heterocycles. The molecule has 0 saturated carbocycles. The van der Waals surface area contributed by atoms with Crippen LogP contribution in [0, 0.1) is 5.92 Å². The molecule has 128 valence electrons. The van der Waals surface area contributed by atoms with E-state index in [0.29, 0.717) is 11.7 Å². The van der Waals surface area contributed by atoms with Crippen LogP contribution in [0.1, 0.15) is 19.8 Å². The third-order valence-corrected chi connectivity index (χ3v) is 5.24. The molecule has 6 heteroatoms. The third-order valence-electron chi connectivity index (χ3n) is 4.29. The molecule has 1 fully saturated rings. The second-order valence-corrected chi connectivity index (χ2v) is 7.10. The predicted molar refractivity (Wildman–Crippen MR) is 95.8 cm³/mol. The zero-order valence-electron chi connectivity index (χ0n) is 14.1. The number of ether oxygens (including phenoxy) is 1. The van der Waals surface area contributed by atoms with E-state index in [2.05, 4.69) is 11.9 Å². The minimum absolute atomic E-state index is 0.204. The summed E-state index contributed by atoms with van der Waals surface area (Å²) in [6, 6.07) is 7.81. The van der Waals surface area contributed by atoms with E-state index in [1.807, 2.05) is 39.9 Å². The topological polar surface area (TPSA) is 47.4 Å². The van der Waals surface area contributed by atoms with Gasteiger partial charge in [0.05, 0.1) is 12.9 Å². The average molecular weight is 345 g/mol. The summed E-state index contributed by atoms with van der Waals surface area (Å²) in [4.78, 5) is 18.8. The Morgan fingerprint density at radius 2 is 2.17 bits per heavy atom. The largest absolute Gasteiger partial charge is 0.497 e. The Kier molecular flexibility index (Phi) is 5.45. The molecule has 24 heavy (non-hydrogen) atoms. The highest BCUT2D eigenvalue weighted by Crippen LogP contribution is 2.23. The Morgan fingerprint density at radius 3 is 2.88 bits per heavy atom. The molecule has 1 aromatic carbocycles. The van der Waals surface area contributed by atoms with Gasteiger partial charge in [-0.25, -0.2) is 4.98 Å². The first-order chi connectivity index (χ1) is 11.7. The van der Waals surface area contributed by atoms with Crippen LogP contribution in [0.25, 0.3) is 5.69 Å². The number of methoxy groups -OCH3 is 1. The van der Waals surface area contributed by atoms with Gasteiger partial charge in [0, 0.05) is 31.2 Å². The minimum atomic E-state index is 0.204. The normalized spacial score (nSPS) is 17.8. The van der Waals surface area contributed by atoms with E-state index in [0.717, 1.165) is 36.1 Å². The summed E-state index contributed by atoms with van der Waals surface area (Å²) < 4.78 is 7.19. The standard InChI is InChI=1S/C18H23N3O2S/c1-14-4-3-10-20(12-14)17(22)13-24-18-19-9-11-21(18)15-5-7-16(23-2)8-6-15/h5-9,11,14H,3-4,10,12-13H2,1-2H3/t14-/m0/s1. The molecule has 1 aliphatic heterocycles. The van der Waals surface area contributed by atoms with Crippen LogP contribution >= 0.6 is 11.8 Å². The molecule has 1 aromatic heterocycles. The van der Waals surface area contributed by atoms with Crippen molar-refractivity contribution in [2.75, 3.05) is 26.0 Å². The molecule has 1 saturated heterocycles. The lowest BCUT2D eigenvalue weighted by atomic mass is 10.0. The molecule has 1 amide bonds. The molecule has 0 aliphatic carbocycles. The molecule has 0 N–H and O–H groups in total. The lowest BCUT2D eigenvalue weighted by Crippen LogP contribution is -2.40. The first-order valence-electron chi connectivity index (χ1n) is 8.25. The first kappa shape index (κ1) is 16.9. The fourth-order valence-electron chi connectivity index (χ4n) is 2.97. The smallest absolute Gasteiger partial charge is 0.233 e. The number of benzene rings is 1. The van der Waals surface area contributed by atoms with Gasteiger partial charge in [-0.2, -0.15) is 0 Å². The molecular weight excluding hydrogens is 322 g/mol. The fourth-order valence-corrected chi connectivity index (χ4v) is 3.85. The van der Waals surface area contributed by atoms with Crippen molar-refractivity contribution in [1.82, 2.24) is 14.5 Å². The number of aromatic nitrogens is 2. The first-order valence-corrected chi connectivity index (χ1v) is 9.24. The molecular formula is C18H23N3O2S. The van der Waals surface area contributed by atoms with Crippen molar-refractivity contribution < 1.29 is 9.53 Å². The van der Waals surface area contributed by atoms with Gasteiger partial charge in [-0.15, -0.1) is 0 Å². The molecule has 1 atom stereocenters. The molecule has 0 bridgehead atoms. The van der Waals surface area contributed by atoms with Gasteiger partial charge in [-0.1, -0.05) is 18.7 Å². The highest BCUT2D eigenvalue weighted by molar-refractivity contribution is 7.99. The SMILES string of the molecule is COc1ccc(-n2ccnc2SCC(=O)N2CCC[C@H](C)C2)cc1. The summed E-state index contributed by atoms with van der Waals surface area (Å²) >= 11 is 1.49. The Morgan fingerprint density at radius 1 is 1.38 bits per heavy atom. The third kappa shape index (κ3) is 3.93. The maximum Gasteiger partial charge on any atom is 0.233 e. The van der Waals surface area contributed by atoms with Crippen LogP contribution in [0.15, 0.2) is 41.8 Å². The number of hydrogen-bond donors (Lipinski definition) is 0. The Bertz CT molecular complexity index is 684. The average Bonchev–Trinajstić information content (AvgIpc) is 3.08. The maximum atomic E-state index is 12.4. The number of piperidine rings is 1. The Balaban J connectivity index is 1.64. The van der Waals surface area contributed by atoms with Crippen LogP contribution in [0.4, 0.5) is 0 Å². The number of likely N-dealkylation sites (tertiary alicyclic amines) is 1. The van der Waals surface area contributed by atoms with Crippen molar-refractivity contribution in [3.63, 3.8) is 0 Å². The summed E-state index contributed by atoms with van der Waals surface area (Å²) in [6.07, 6.45) is 6.01. The second-order valence-electron chi connectivity index (χ2n) is 6.15. The highest BCUT2D eigenvalue weighted by Gasteiger charge is 2.21. The summed E-state index contributed by atoms with van der Waals surface area (Å²) in [5, 5.41) is 0.832. The predicted octanol–water partition coefficient (Wildman–Crippen LogP) is 3.23. The molecule has 0 spiro atoms. The molecule has 3 rings (SSSR count). The summed E-state index contributed by atoms with van der Waals surface area (Å²) in [5.74, 6) is 2.06. The molecule has 2 aromatic rings. The number of imidazole rings is 1. The maximum absolute atomic E-state index is 12.4. The number of nitrogens with zero attached hydrogens (tertiary/aromatic N) is 3. The fraction of sp³-hybridized carbons (Fsp3) is 0.444. The molecule has 0 unspecified atom stereocenters. The van der Waals surface area contributed by atoms with E-state index in [4.69, 9.17) is 4.74 Å². The number of thioether (sulfide) groups is 1. The van der Waals surface area contributed by atoms with Crippen molar-refractivity contribution in [3.05, 3.63) is 36.7 Å². The zero-order chi connectivity index (χ0) is 16.9. The Hall–Kier alpha value is -1.95. The number of amides is 1. The van der Waals surface area contributed by atoms with Gasteiger partial charge in [-0.3, -0.25) is 9.36 Å². The zero-order valence-corrected chi connectivity index (χ0v) is 15.0. The quantitative estimate of drug-likeness (QED) is 0.781. The van der Waals surface area contributed by atoms with E-state index in [1.54, 1.807) is 13.3 Å². The number of carbonyl (C=O) groups excluding carboxylic acids is 1. The van der Waals surface area contributed by atoms with Crippen LogP contribution in [0.2, 0.25) is 0 Å². The van der Waals surface area contributed by atoms with Crippen molar-refractivity contribution in [2.45, 2.75) is 24.9 Å². The lowest BCUT2D eigenvalue weighted by molar-refractivity contribution is -0.130. The van der Waals surface area contributed by atoms with Crippen molar-refractivity contribution in [2.24, 2.45) is 5.92 Å². The van der Waals surface area contributed by atoms with Crippen molar-refractivity contribution >= 4 is 17.7 Å². The summed E-state index contributed by atoms with van der Waals surface area (Å²) in [7, 11) is 1.65. The molecule has 1 aliphatic rings. The van der Waals surface area contributed by atoms with Crippen LogP contribution in [0.3, 0.4) is 0 Å². The van der Waals surface area contributed by atoms with Gasteiger partial charge < -0.3 is 9.64 Å². The van der Waals surface area contributed by atoms with E-state index in [1.165, 1.54) is 18.2 Å². The lowest BCUT2D eigenvalue weighted by Gasteiger charge is -2.30. The van der Waals surface area contributed by atoms with Gasteiger partial charge in [-0.05, 0) is 43.0 Å². The second kappa shape index (κ2) is 7.75. The van der Waals surface area contributed by atoms with E-state index < -0.39 is 0 Å². The van der Waals surface area contributed by atoms with Crippen LogP contribution < -0.4 is 4.74 Å². The van der Waals surface area contributed by atoms with Gasteiger partial charge in [0.25, 0.3) is 0 Å².